The smallest absolute Gasteiger partial charge is 0.321 e. The van der Waals surface area contributed by atoms with Gasteiger partial charge in [0.25, 0.3) is 0 Å². The number of nitrogens with zero attached hydrogens (tertiary/aromatic N) is 1. The summed E-state index contributed by atoms with van der Waals surface area (Å²) in [6.45, 7) is 0.898. The van der Waals surface area contributed by atoms with E-state index in [-0.39, 0.29) is 18.4 Å². The third-order valence-corrected chi connectivity index (χ3v) is 3.36. The zero-order valence-corrected chi connectivity index (χ0v) is 12.0. The number of benzene rings is 1. The van der Waals surface area contributed by atoms with E-state index in [9.17, 15) is 9.59 Å². The molecule has 1 aromatic rings. The molecular formula is C14H18N2O5. The number of carboxylic acids is 1. The Morgan fingerprint density at radius 1 is 1.33 bits per heavy atom. The standard InChI is InChI=1S/C14H18N2O5/c1-20-10-3-4-12(21-2)11(6-10)15-14(19)16-7-9(8-16)5-13(17)18/h3-4,6,9H,5,7-8H2,1-2H3,(H,15,19)(H,17,18). The molecule has 1 saturated heterocycles. The highest BCUT2D eigenvalue weighted by Crippen LogP contribution is 2.30. The molecule has 1 fully saturated rings. The minimum absolute atomic E-state index is 0.0282. The molecule has 2 N–H and O–H groups in total. The third kappa shape index (κ3) is 3.56. The van der Waals surface area contributed by atoms with E-state index in [0.717, 1.165) is 0 Å². The Morgan fingerprint density at radius 2 is 2.05 bits per heavy atom. The van der Waals surface area contributed by atoms with E-state index in [1.807, 2.05) is 0 Å². The Kier molecular flexibility index (Phi) is 4.52. The number of rotatable bonds is 5. The number of methoxy groups -OCH3 is 2. The van der Waals surface area contributed by atoms with Crippen molar-refractivity contribution in [3.63, 3.8) is 0 Å². The van der Waals surface area contributed by atoms with Crippen molar-refractivity contribution in [1.82, 2.24) is 4.90 Å². The van der Waals surface area contributed by atoms with Crippen molar-refractivity contribution in [2.45, 2.75) is 6.42 Å². The number of carboxylic acid groups (broad SMARTS) is 1. The SMILES string of the molecule is COc1ccc(OC)c(NC(=O)N2CC(CC(=O)O)C2)c1. The summed E-state index contributed by atoms with van der Waals surface area (Å²) in [7, 11) is 3.06. The zero-order chi connectivity index (χ0) is 15.4. The maximum Gasteiger partial charge on any atom is 0.321 e. The molecule has 0 radical (unpaired) electrons. The number of amides is 2. The Balaban J connectivity index is 1.96. The van der Waals surface area contributed by atoms with Crippen LogP contribution < -0.4 is 14.8 Å². The largest absolute Gasteiger partial charge is 0.497 e. The van der Waals surface area contributed by atoms with E-state index in [1.54, 1.807) is 30.2 Å². The molecule has 21 heavy (non-hydrogen) atoms. The van der Waals surface area contributed by atoms with Crippen LogP contribution in [0.5, 0.6) is 11.5 Å². The molecule has 7 nitrogen and oxygen atoms in total. The minimum atomic E-state index is -0.838. The number of aliphatic carboxylic acids is 1. The van der Waals surface area contributed by atoms with E-state index in [1.165, 1.54) is 7.11 Å². The van der Waals surface area contributed by atoms with Crippen molar-refractivity contribution in [1.29, 1.82) is 0 Å². The predicted octanol–water partition coefficient (Wildman–Crippen LogP) is 1.64. The van der Waals surface area contributed by atoms with Crippen LogP contribution in [0.4, 0.5) is 10.5 Å². The Labute approximate surface area is 122 Å². The minimum Gasteiger partial charge on any atom is -0.497 e. The van der Waals surface area contributed by atoms with Gasteiger partial charge in [-0.15, -0.1) is 0 Å². The first kappa shape index (κ1) is 15.0. The second-order valence-electron chi connectivity index (χ2n) is 4.87. The van der Waals surface area contributed by atoms with Crippen LogP contribution in [-0.2, 0) is 4.79 Å². The molecule has 7 heteroatoms. The van der Waals surface area contributed by atoms with Crippen molar-refractivity contribution < 1.29 is 24.2 Å². The molecule has 1 aliphatic heterocycles. The van der Waals surface area contributed by atoms with E-state index in [4.69, 9.17) is 14.6 Å². The summed E-state index contributed by atoms with van der Waals surface area (Å²) in [6.07, 6.45) is 0.0895. The first-order valence-electron chi connectivity index (χ1n) is 6.53. The molecule has 0 atom stereocenters. The molecule has 0 spiro atoms. The fourth-order valence-corrected chi connectivity index (χ4v) is 2.22. The molecule has 1 heterocycles. The number of ether oxygens (including phenoxy) is 2. The lowest BCUT2D eigenvalue weighted by Gasteiger charge is -2.38. The number of likely N-dealkylation sites (tertiary alicyclic amines) is 1. The maximum atomic E-state index is 12.1. The van der Waals surface area contributed by atoms with Gasteiger partial charge in [-0.05, 0) is 12.1 Å². The molecule has 2 rings (SSSR count). The number of anilines is 1. The van der Waals surface area contributed by atoms with Gasteiger partial charge >= 0.3 is 12.0 Å². The van der Waals surface area contributed by atoms with Crippen molar-refractivity contribution in [2.24, 2.45) is 5.92 Å². The van der Waals surface area contributed by atoms with Crippen molar-refractivity contribution in [3.8, 4) is 11.5 Å². The van der Waals surface area contributed by atoms with Crippen LogP contribution >= 0.6 is 0 Å². The lowest BCUT2D eigenvalue weighted by atomic mass is 9.97. The van der Waals surface area contributed by atoms with Crippen LogP contribution in [0.1, 0.15) is 6.42 Å². The molecule has 1 aliphatic rings. The molecule has 0 aliphatic carbocycles. The van der Waals surface area contributed by atoms with Crippen LogP contribution in [0.2, 0.25) is 0 Å². The molecule has 0 bridgehead atoms. The lowest BCUT2D eigenvalue weighted by Crippen LogP contribution is -2.52. The van der Waals surface area contributed by atoms with Crippen LogP contribution in [0.15, 0.2) is 18.2 Å². The predicted molar refractivity (Wildman–Crippen MR) is 75.9 cm³/mol. The van der Waals surface area contributed by atoms with Gasteiger partial charge in [-0.3, -0.25) is 4.79 Å². The Hall–Kier alpha value is -2.44. The van der Waals surface area contributed by atoms with Gasteiger partial charge in [-0.1, -0.05) is 0 Å². The topological polar surface area (TPSA) is 88.1 Å². The highest BCUT2D eigenvalue weighted by molar-refractivity contribution is 5.91. The number of hydrogen-bond donors (Lipinski definition) is 2. The van der Waals surface area contributed by atoms with E-state index >= 15 is 0 Å². The number of carbonyl (C=O) groups excluding carboxylic acids is 1. The van der Waals surface area contributed by atoms with Crippen LogP contribution in [0, 0.1) is 5.92 Å². The fraction of sp³-hybridized carbons (Fsp3) is 0.429. The monoisotopic (exact) mass is 294 g/mol. The van der Waals surface area contributed by atoms with Crippen molar-refractivity contribution in [2.75, 3.05) is 32.6 Å². The summed E-state index contributed by atoms with van der Waals surface area (Å²) in [5, 5.41) is 11.4. The van der Waals surface area contributed by atoms with Gasteiger partial charge in [0, 0.05) is 25.1 Å². The summed E-state index contributed by atoms with van der Waals surface area (Å²) in [5.74, 6) is 0.334. The number of urea groups is 1. The molecule has 1 aromatic carbocycles. The van der Waals surface area contributed by atoms with Gasteiger partial charge in [-0.25, -0.2) is 4.79 Å². The summed E-state index contributed by atoms with van der Waals surface area (Å²) >= 11 is 0. The maximum absolute atomic E-state index is 12.1. The summed E-state index contributed by atoms with van der Waals surface area (Å²) < 4.78 is 10.3. The Bertz CT molecular complexity index is 540. The summed E-state index contributed by atoms with van der Waals surface area (Å²) in [4.78, 5) is 24.2. The second kappa shape index (κ2) is 6.34. The van der Waals surface area contributed by atoms with Crippen molar-refractivity contribution >= 4 is 17.7 Å². The molecular weight excluding hydrogens is 276 g/mol. The van der Waals surface area contributed by atoms with E-state index < -0.39 is 5.97 Å². The molecule has 0 unspecified atom stereocenters. The average Bonchev–Trinajstić information content (AvgIpc) is 2.41. The number of nitrogens with one attached hydrogen (secondary N) is 1. The van der Waals surface area contributed by atoms with Gasteiger partial charge < -0.3 is 24.8 Å². The molecule has 0 aromatic heterocycles. The quantitative estimate of drug-likeness (QED) is 0.862. The van der Waals surface area contributed by atoms with Gasteiger partial charge in [0.15, 0.2) is 0 Å². The summed E-state index contributed by atoms with van der Waals surface area (Å²) in [6, 6.07) is 4.84. The highest BCUT2D eigenvalue weighted by Gasteiger charge is 2.32. The van der Waals surface area contributed by atoms with Gasteiger partial charge in [0.05, 0.1) is 26.3 Å². The highest BCUT2D eigenvalue weighted by atomic mass is 16.5. The van der Waals surface area contributed by atoms with Gasteiger partial charge in [0.2, 0.25) is 0 Å². The third-order valence-electron chi connectivity index (χ3n) is 3.36. The summed E-state index contributed by atoms with van der Waals surface area (Å²) in [5.41, 5.74) is 0.517. The zero-order valence-electron chi connectivity index (χ0n) is 12.0. The molecule has 0 saturated carbocycles. The van der Waals surface area contributed by atoms with Crippen LogP contribution in [0.25, 0.3) is 0 Å². The Morgan fingerprint density at radius 3 is 2.62 bits per heavy atom. The molecule has 2 amide bonds. The average molecular weight is 294 g/mol. The van der Waals surface area contributed by atoms with Gasteiger partial charge in [-0.2, -0.15) is 0 Å². The lowest BCUT2D eigenvalue weighted by molar-refractivity contribution is -0.139. The van der Waals surface area contributed by atoms with Crippen LogP contribution in [-0.4, -0.2) is 49.3 Å². The van der Waals surface area contributed by atoms with Crippen LogP contribution in [0.3, 0.4) is 0 Å². The van der Waals surface area contributed by atoms with E-state index in [0.29, 0.717) is 30.3 Å². The fourth-order valence-electron chi connectivity index (χ4n) is 2.22. The second-order valence-corrected chi connectivity index (χ2v) is 4.87. The van der Waals surface area contributed by atoms with Crippen molar-refractivity contribution in [3.05, 3.63) is 18.2 Å². The first-order chi connectivity index (χ1) is 10.0. The van der Waals surface area contributed by atoms with Gasteiger partial charge in [0.1, 0.15) is 11.5 Å². The number of carbonyl (C=O) groups is 2. The number of hydrogen-bond acceptors (Lipinski definition) is 4. The first-order valence-corrected chi connectivity index (χ1v) is 6.53. The normalized spacial score (nSPS) is 14.3. The van der Waals surface area contributed by atoms with E-state index in [2.05, 4.69) is 5.32 Å². The molecule has 114 valence electrons.